The number of anilines is 1. The lowest BCUT2D eigenvalue weighted by atomic mass is 10.3. The number of aromatic amines is 1. The highest BCUT2D eigenvalue weighted by molar-refractivity contribution is 5.80. The van der Waals surface area contributed by atoms with E-state index in [4.69, 9.17) is 36.4 Å². The van der Waals surface area contributed by atoms with Crippen molar-refractivity contribution < 1.29 is 29.3 Å². The zero-order valence-corrected chi connectivity index (χ0v) is 21.0. The highest BCUT2D eigenvalue weighted by Gasteiger charge is 2.08. The summed E-state index contributed by atoms with van der Waals surface area (Å²) in [5.74, 6) is 2.72. The fourth-order valence-corrected chi connectivity index (χ4v) is 2.92. The summed E-state index contributed by atoms with van der Waals surface area (Å²) in [6, 6.07) is 16.2. The maximum Gasteiger partial charge on any atom is 0.187 e. The van der Waals surface area contributed by atoms with E-state index in [1.807, 2.05) is 30.3 Å². The standard InChI is InChI=1S/C19H21N5O5.C7H9NO/c1-25-13-5-7-16-18(10-13)24-19(23-16)17-8-6-15(12-22-17)27-29-28-26-14(11-21)4-2-3-9-20;1-9-7-4-2-6(8)3-5-7/h2,4-8,10-12H,3,9,20-21H2,1H3,(H,23,24);2-5H,8H2,1H3/b4-2-,14-11+;. The number of aromatic nitrogens is 3. The minimum absolute atomic E-state index is 0.233. The van der Waals surface area contributed by atoms with E-state index in [1.165, 1.54) is 12.4 Å². The third-order valence-corrected chi connectivity index (χ3v) is 4.85. The van der Waals surface area contributed by atoms with E-state index in [-0.39, 0.29) is 5.76 Å². The largest absolute Gasteiger partial charge is 0.497 e. The predicted molar refractivity (Wildman–Crippen MR) is 142 cm³/mol. The third-order valence-electron chi connectivity index (χ3n) is 4.85. The van der Waals surface area contributed by atoms with E-state index >= 15 is 0 Å². The van der Waals surface area contributed by atoms with Crippen molar-refractivity contribution in [1.29, 1.82) is 0 Å². The minimum atomic E-state index is 0.233. The fourth-order valence-electron chi connectivity index (χ4n) is 2.92. The SMILES string of the molecule is COc1ccc(N)cc1.COc1ccc2nc(-c3ccc(OOOOC(/C=C\CCN)=C/N)cn3)[nH]c2c1. The average Bonchev–Trinajstić information content (AvgIpc) is 3.39. The Morgan fingerprint density at radius 2 is 1.68 bits per heavy atom. The van der Waals surface area contributed by atoms with E-state index in [0.29, 0.717) is 30.2 Å². The molecule has 0 fully saturated rings. The van der Waals surface area contributed by atoms with Crippen LogP contribution in [-0.2, 0) is 15.0 Å². The summed E-state index contributed by atoms with van der Waals surface area (Å²) in [6.45, 7) is 0.514. The molecule has 0 saturated heterocycles. The van der Waals surface area contributed by atoms with Gasteiger partial charge in [-0.1, -0.05) is 6.08 Å². The summed E-state index contributed by atoms with van der Waals surface area (Å²) in [5.41, 5.74) is 19.2. The van der Waals surface area contributed by atoms with Crippen LogP contribution in [0.3, 0.4) is 0 Å². The van der Waals surface area contributed by atoms with Crippen molar-refractivity contribution in [2.24, 2.45) is 11.5 Å². The van der Waals surface area contributed by atoms with Crippen molar-refractivity contribution in [3.63, 3.8) is 0 Å². The highest BCUT2D eigenvalue weighted by atomic mass is 17.7. The summed E-state index contributed by atoms with van der Waals surface area (Å²) < 4.78 is 10.1. The molecule has 0 radical (unpaired) electrons. The number of ether oxygens (including phenoxy) is 2. The van der Waals surface area contributed by atoms with Crippen LogP contribution in [0.25, 0.3) is 22.6 Å². The number of benzene rings is 2. The molecule has 12 nitrogen and oxygen atoms in total. The molecule has 0 spiro atoms. The van der Waals surface area contributed by atoms with Gasteiger partial charge in [0.2, 0.25) is 0 Å². The van der Waals surface area contributed by atoms with Gasteiger partial charge in [-0.25, -0.2) is 9.97 Å². The number of imidazole rings is 1. The molecule has 4 aromatic rings. The number of allylic oxidation sites excluding steroid dienone is 1. The van der Waals surface area contributed by atoms with Crippen LogP contribution in [0.1, 0.15) is 6.42 Å². The van der Waals surface area contributed by atoms with Gasteiger partial charge in [-0.3, -0.25) is 0 Å². The summed E-state index contributed by atoms with van der Waals surface area (Å²) in [7, 11) is 3.24. The molecular formula is C26H30N6O6. The number of nitrogen functional groups attached to an aromatic ring is 1. The van der Waals surface area contributed by atoms with Crippen LogP contribution in [0.2, 0.25) is 0 Å². The monoisotopic (exact) mass is 522 g/mol. The Balaban J connectivity index is 0.000000375. The van der Waals surface area contributed by atoms with Crippen molar-refractivity contribution in [3.8, 4) is 28.8 Å². The summed E-state index contributed by atoms with van der Waals surface area (Å²) in [6.07, 6.45) is 6.70. The van der Waals surface area contributed by atoms with Gasteiger partial charge in [0.05, 0.1) is 31.4 Å². The summed E-state index contributed by atoms with van der Waals surface area (Å²) >= 11 is 0. The first-order valence-electron chi connectivity index (χ1n) is 11.4. The maximum atomic E-state index is 5.43. The molecule has 0 amide bonds. The normalized spacial score (nSPS) is 11.2. The quantitative estimate of drug-likeness (QED) is 0.0563. The molecule has 0 saturated carbocycles. The molecular weight excluding hydrogens is 492 g/mol. The molecule has 2 aromatic carbocycles. The second-order valence-electron chi connectivity index (χ2n) is 7.47. The van der Waals surface area contributed by atoms with Gasteiger partial charge in [0.1, 0.15) is 17.2 Å². The van der Waals surface area contributed by atoms with Gasteiger partial charge in [0, 0.05) is 28.0 Å². The average molecular weight is 523 g/mol. The van der Waals surface area contributed by atoms with E-state index in [1.54, 1.807) is 50.6 Å². The van der Waals surface area contributed by atoms with Crippen LogP contribution < -0.4 is 31.6 Å². The van der Waals surface area contributed by atoms with E-state index in [9.17, 15) is 0 Å². The molecule has 2 aromatic heterocycles. The van der Waals surface area contributed by atoms with Crippen molar-refractivity contribution in [2.75, 3.05) is 26.5 Å². The fraction of sp³-hybridized carbons (Fsp3) is 0.154. The Morgan fingerprint density at radius 1 is 0.947 bits per heavy atom. The molecule has 4 rings (SSSR count). The molecule has 0 aliphatic heterocycles. The molecule has 38 heavy (non-hydrogen) atoms. The Hall–Kier alpha value is -4.78. The van der Waals surface area contributed by atoms with Gasteiger partial charge in [-0.2, -0.15) is 0 Å². The Kier molecular flexibility index (Phi) is 10.8. The molecule has 0 aliphatic rings. The molecule has 12 heteroatoms. The topological polar surface area (TPSA) is 175 Å². The van der Waals surface area contributed by atoms with Gasteiger partial charge in [-0.05, 0) is 67.6 Å². The first kappa shape index (κ1) is 27.8. The van der Waals surface area contributed by atoms with Gasteiger partial charge in [0.15, 0.2) is 17.3 Å². The molecule has 0 bridgehead atoms. The smallest absolute Gasteiger partial charge is 0.187 e. The number of hydrogen-bond acceptors (Lipinski definition) is 11. The van der Waals surface area contributed by atoms with Crippen LogP contribution in [0.5, 0.6) is 17.2 Å². The zero-order chi connectivity index (χ0) is 27.2. The van der Waals surface area contributed by atoms with Gasteiger partial charge in [-0.15, -0.1) is 0 Å². The molecule has 0 aliphatic carbocycles. The molecule has 2 heterocycles. The number of nitrogens with zero attached hydrogens (tertiary/aromatic N) is 2. The van der Waals surface area contributed by atoms with Gasteiger partial charge in [0.25, 0.3) is 0 Å². The zero-order valence-electron chi connectivity index (χ0n) is 21.0. The number of pyridine rings is 1. The Labute approximate surface area is 219 Å². The first-order chi connectivity index (χ1) is 18.6. The minimum Gasteiger partial charge on any atom is -0.497 e. The highest BCUT2D eigenvalue weighted by Crippen LogP contribution is 2.23. The van der Waals surface area contributed by atoms with Crippen LogP contribution >= 0.6 is 0 Å². The van der Waals surface area contributed by atoms with Crippen LogP contribution in [0, 0.1) is 0 Å². The number of methoxy groups -OCH3 is 2. The number of nitrogens with one attached hydrogen (secondary N) is 1. The molecule has 0 unspecified atom stereocenters. The number of nitrogens with two attached hydrogens (primary N) is 3. The lowest BCUT2D eigenvalue weighted by Crippen LogP contribution is -2.02. The summed E-state index contributed by atoms with van der Waals surface area (Å²) in [4.78, 5) is 21.7. The number of hydrogen-bond donors (Lipinski definition) is 4. The number of fused-ring (bicyclic) bond motifs is 1. The van der Waals surface area contributed by atoms with Crippen molar-refractivity contribution >= 4 is 16.7 Å². The second-order valence-corrected chi connectivity index (χ2v) is 7.47. The van der Waals surface area contributed by atoms with Crippen LogP contribution in [0.4, 0.5) is 5.69 Å². The third kappa shape index (κ3) is 8.41. The van der Waals surface area contributed by atoms with E-state index in [0.717, 1.165) is 28.2 Å². The Morgan fingerprint density at radius 3 is 2.34 bits per heavy atom. The molecule has 7 N–H and O–H groups in total. The van der Waals surface area contributed by atoms with Crippen molar-refractivity contribution in [2.45, 2.75) is 6.42 Å². The van der Waals surface area contributed by atoms with E-state index < -0.39 is 0 Å². The molecule has 200 valence electrons. The van der Waals surface area contributed by atoms with Crippen LogP contribution in [0.15, 0.2) is 84.9 Å². The van der Waals surface area contributed by atoms with Crippen molar-refractivity contribution in [3.05, 3.63) is 84.9 Å². The lowest BCUT2D eigenvalue weighted by molar-refractivity contribution is -0.595. The lowest BCUT2D eigenvalue weighted by Gasteiger charge is -2.04. The van der Waals surface area contributed by atoms with Gasteiger partial charge >= 0.3 is 0 Å². The second kappa shape index (κ2) is 14.7. The van der Waals surface area contributed by atoms with Gasteiger partial charge < -0.3 is 41.4 Å². The first-order valence-corrected chi connectivity index (χ1v) is 11.4. The van der Waals surface area contributed by atoms with Crippen molar-refractivity contribution in [1.82, 2.24) is 15.0 Å². The maximum absolute atomic E-state index is 5.43. The number of H-pyrrole nitrogens is 1. The Bertz CT molecular complexity index is 1320. The summed E-state index contributed by atoms with van der Waals surface area (Å²) in [5, 5.41) is 9.01. The number of rotatable bonds is 11. The predicted octanol–water partition coefficient (Wildman–Crippen LogP) is 3.79. The van der Waals surface area contributed by atoms with E-state index in [2.05, 4.69) is 25.0 Å². The molecule has 0 atom stereocenters. The van der Waals surface area contributed by atoms with Crippen LogP contribution in [-0.4, -0.2) is 35.7 Å².